The van der Waals surface area contributed by atoms with E-state index in [1.54, 1.807) is 0 Å². The fourth-order valence-electron chi connectivity index (χ4n) is 10.1. The van der Waals surface area contributed by atoms with Gasteiger partial charge in [0.15, 0.2) is 0 Å². The lowest BCUT2D eigenvalue weighted by Crippen LogP contribution is -2.42. The first-order chi connectivity index (χ1) is 29.3. The maximum Gasteiger partial charge on any atom is 0.138 e. The molecule has 0 unspecified atom stereocenters. The number of hydrogen-bond acceptors (Lipinski definition) is 2. The van der Waals surface area contributed by atoms with Crippen LogP contribution in [0.5, 0.6) is 0 Å². The van der Waals surface area contributed by atoms with Gasteiger partial charge in [-0.15, -0.1) is 0 Å². The molecule has 0 N–H and O–H groups in total. The number of fused-ring (bicyclic) bond motifs is 4. The van der Waals surface area contributed by atoms with Crippen molar-refractivity contribution in [3.8, 4) is 0 Å². The molecule has 0 atom stereocenters. The Balaban J connectivity index is 1.24. The van der Waals surface area contributed by atoms with Gasteiger partial charge in [0, 0.05) is 5.30 Å². The summed E-state index contributed by atoms with van der Waals surface area (Å²) in [6.45, 7) is 0. The zero-order valence-corrected chi connectivity index (χ0v) is 33.4. The number of benzene rings is 9. The van der Waals surface area contributed by atoms with E-state index in [-0.39, 0.29) is 0 Å². The highest BCUT2D eigenvalue weighted by molar-refractivity contribution is 7.69. The quantitative estimate of drug-likeness (QED) is 0.149. The molecule has 3 heteroatoms. The predicted octanol–water partition coefficient (Wildman–Crippen LogP) is 13.7. The largest absolute Gasteiger partial charge is 0.298 e. The second-order valence-corrected chi connectivity index (χ2v) is 17.2. The van der Waals surface area contributed by atoms with Gasteiger partial charge in [0.05, 0.1) is 33.6 Å². The molecule has 0 saturated heterocycles. The summed E-state index contributed by atoms with van der Waals surface area (Å²) in [5.41, 5.74) is 13.7. The average molecular weight is 773 g/mol. The van der Waals surface area contributed by atoms with Crippen molar-refractivity contribution in [1.29, 1.82) is 0 Å². The Kier molecular flexibility index (Phi) is 8.61. The third-order valence-corrected chi connectivity index (χ3v) is 14.7. The predicted molar refractivity (Wildman–Crippen MR) is 247 cm³/mol. The van der Waals surface area contributed by atoms with Crippen LogP contribution in [-0.4, -0.2) is 0 Å². The molecule has 0 aromatic heterocycles. The molecule has 0 radical (unpaired) electrons. The van der Waals surface area contributed by atoms with E-state index >= 15 is 0 Å². The summed E-state index contributed by atoms with van der Waals surface area (Å²) in [7, 11) is -1.33. The molecule has 9 aromatic carbocycles. The van der Waals surface area contributed by atoms with Gasteiger partial charge in [0.25, 0.3) is 0 Å². The lowest BCUT2D eigenvalue weighted by molar-refractivity contribution is 0.731. The lowest BCUT2D eigenvalue weighted by atomic mass is 9.63. The summed E-state index contributed by atoms with van der Waals surface area (Å²) in [6, 6.07) is 92.2. The first-order valence-electron chi connectivity index (χ1n) is 20.4. The Morgan fingerprint density at radius 2 is 0.458 bits per heavy atom. The summed E-state index contributed by atoms with van der Waals surface area (Å²) in [6.07, 6.45) is 0. The lowest BCUT2D eigenvalue weighted by Gasteiger charge is -2.53. The Bertz CT molecular complexity index is 2540. The summed E-state index contributed by atoms with van der Waals surface area (Å²) in [5.74, 6) is 0. The van der Waals surface area contributed by atoms with Crippen LogP contribution in [0.4, 0.5) is 22.7 Å². The SMILES string of the molecule is c1ccc(P(N2c3ccccc3C(c3ccccc3)(c3ccccc3)c3ccccc32)N2c3ccccc3C(c3ccccc3)(c3ccccc3)c3ccccc32)cc1. The smallest absolute Gasteiger partial charge is 0.138 e. The van der Waals surface area contributed by atoms with Gasteiger partial charge in [-0.25, -0.2) is 0 Å². The highest BCUT2D eigenvalue weighted by atomic mass is 31.1. The summed E-state index contributed by atoms with van der Waals surface area (Å²) in [4.78, 5) is 0. The number of nitrogens with zero attached hydrogens (tertiary/aromatic N) is 2. The minimum absolute atomic E-state index is 0.558. The van der Waals surface area contributed by atoms with E-state index in [0.717, 1.165) is 0 Å². The molecule has 0 saturated carbocycles. The number of anilines is 4. The third-order valence-electron chi connectivity index (χ3n) is 12.3. The van der Waals surface area contributed by atoms with Crippen molar-refractivity contribution in [3.05, 3.63) is 293 Å². The highest BCUT2D eigenvalue weighted by Gasteiger charge is 2.52. The van der Waals surface area contributed by atoms with Crippen LogP contribution in [0.2, 0.25) is 0 Å². The second kappa shape index (κ2) is 14.4. The fraction of sp³-hybridized carbons (Fsp3) is 0.0357. The standard InChI is InChI=1S/C56H41N2P/c1-6-24-42(25-7-1)55(43-26-8-2-9-27-43)47-34-16-20-38-51(47)57(52-39-21-17-35-48(52)55)59(46-32-14-5-15-33-46)58-53-40-22-18-36-49(53)56(44-28-10-3-11-29-44,45-30-12-4-13-31-45)50-37-19-23-41-54(50)58/h1-41H. The van der Waals surface area contributed by atoms with Crippen LogP contribution in [0.1, 0.15) is 44.5 Å². The van der Waals surface area contributed by atoms with Gasteiger partial charge in [0.2, 0.25) is 0 Å². The molecule has 0 fully saturated rings. The molecule has 2 aliphatic heterocycles. The van der Waals surface area contributed by atoms with Crippen molar-refractivity contribution in [2.24, 2.45) is 0 Å². The Hall–Kier alpha value is -6.99. The molecule has 9 aromatic rings. The van der Waals surface area contributed by atoms with Crippen LogP contribution in [0, 0.1) is 0 Å². The van der Waals surface area contributed by atoms with Gasteiger partial charge in [-0.3, -0.25) is 9.34 Å². The van der Waals surface area contributed by atoms with Crippen molar-refractivity contribution in [3.63, 3.8) is 0 Å². The molecular weight excluding hydrogens is 732 g/mol. The Morgan fingerprint density at radius 1 is 0.237 bits per heavy atom. The van der Waals surface area contributed by atoms with E-state index in [4.69, 9.17) is 0 Å². The maximum atomic E-state index is 2.69. The van der Waals surface area contributed by atoms with Crippen LogP contribution < -0.4 is 14.6 Å². The van der Waals surface area contributed by atoms with E-state index in [2.05, 4.69) is 258 Å². The van der Waals surface area contributed by atoms with Gasteiger partial charge in [0.1, 0.15) is 8.22 Å². The van der Waals surface area contributed by atoms with Crippen LogP contribution in [-0.2, 0) is 10.8 Å². The number of hydrogen-bond donors (Lipinski definition) is 0. The van der Waals surface area contributed by atoms with Crippen LogP contribution in [0.25, 0.3) is 0 Å². The van der Waals surface area contributed by atoms with Crippen LogP contribution in [0.3, 0.4) is 0 Å². The molecule has 11 rings (SSSR count). The first-order valence-corrected chi connectivity index (χ1v) is 21.6. The molecule has 59 heavy (non-hydrogen) atoms. The van der Waals surface area contributed by atoms with Crippen molar-refractivity contribution >= 4 is 36.3 Å². The van der Waals surface area contributed by atoms with Gasteiger partial charge < -0.3 is 0 Å². The zero-order valence-electron chi connectivity index (χ0n) is 32.5. The van der Waals surface area contributed by atoms with E-state index in [9.17, 15) is 0 Å². The zero-order chi connectivity index (χ0) is 39.2. The van der Waals surface area contributed by atoms with Crippen molar-refractivity contribution in [2.45, 2.75) is 10.8 Å². The Labute approximate surface area is 348 Å². The first kappa shape index (κ1) is 35.2. The van der Waals surface area contributed by atoms with E-state index < -0.39 is 19.1 Å². The van der Waals surface area contributed by atoms with Crippen molar-refractivity contribution < 1.29 is 0 Å². The molecule has 0 amide bonds. The summed E-state index contributed by atoms with van der Waals surface area (Å²) < 4.78 is 5.37. The van der Waals surface area contributed by atoms with Crippen molar-refractivity contribution in [2.75, 3.05) is 9.34 Å². The minimum atomic E-state index is -1.33. The molecule has 2 aliphatic rings. The third kappa shape index (κ3) is 5.23. The normalized spacial score (nSPS) is 14.5. The molecule has 280 valence electrons. The maximum absolute atomic E-state index is 2.69. The fourth-order valence-corrected chi connectivity index (χ4v) is 12.7. The Morgan fingerprint density at radius 3 is 0.729 bits per heavy atom. The van der Waals surface area contributed by atoms with Gasteiger partial charge >= 0.3 is 0 Å². The number of rotatable bonds is 7. The monoisotopic (exact) mass is 772 g/mol. The minimum Gasteiger partial charge on any atom is -0.298 e. The summed E-state index contributed by atoms with van der Waals surface area (Å²) in [5, 5.41) is 1.26. The second-order valence-electron chi connectivity index (χ2n) is 15.3. The van der Waals surface area contributed by atoms with Gasteiger partial charge in [-0.2, -0.15) is 0 Å². The highest BCUT2D eigenvalue weighted by Crippen LogP contribution is 2.68. The average Bonchev–Trinajstić information content (AvgIpc) is 3.33. The van der Waals surface area contributed by atoms with Crippen molar-refractivity contribution in [1.82, 2.24) is 0 Å². The molecule has 0 aliphatic carbocycles. The van der Waals surface area contributed by atoms with E-state index in [1.165, 1.54) is 72.6 Å². The van der Waals surface area contributed by atoms with E-state index in [1.807, 2.05) is 0 Å². The van der Waals surface area contributed by atoms with Gasteiger partial charge in [-0.1, -0.05) is 224 Å². The molecular formula is C56H41N2P. The topological polar surface area (TPSA) is 6.48 Å². The summed E-state index contributed by atoms with van der Waals surface area (Å²) >= 11 is 0. The molecule has 0 spiro atoms. The van der Waals surface area contributed by atoms with Crippen LogP contribution in [0.15, 0.2) is 249 Å². The molecule has 2 heterocycles. The van der Waals surface area contributed by atoms with Gasteiger partial charge in [-0.05, 0) is 68.8 Å². The van der Waals surface area contributed by atoms with E-state index in [0.29, 0.717) is 0 Å². The van der Waals surface area contributed by atoms with Crippen LogP contribution >= 0.6 is 8.22 Å². The molecule has 0 bridgehead atoms. The molecule has 2 nitrogen and oxygen atoms in total. The number of para-hydroxylation sites is 4.